The quantitative estimate of drug-likeness (QED) is 0.372. The number of benzene rings is 3. The van der Waals surface area contributed by atoms with Gasteiger partial charge in [0.05, 0.1) is 9.79 Å². The average molecular weight is 589 g/mol. The number of piperidine rings is 2. The maximum atomic E-state index is 13.3. The van der Waals surface area contributed by atoms with Gasteiger partial charge in [-0.1, -0.05) is 24.3 Å². The lowest BCUT2D eigenvalue weighted by atomic mass is 9.87. The van der Waals surface area contributed by atoms with Gasteiger partial charge in [0.2, 0.25) is 16.6 Å². The molecule has 1 amide bonds. The minimum absolute atomic E-state index is 0.0654. The zero-order chi connectivity index (χ0) is 29.4. The maximum Gasteiger partial charge on any atom is 0.254 e. The number of hydrogen-bond acceptors (Lipinski definition) is 7. The summed E-state index contributed by atoms with van der Waals surface area (Å²) in [6, 6.07) is 17.2. The monoisotopic (exact) mass is 588 g/mol. The Hall–Kier alpha value is -3.69. The molecular formula is C33H36N2O6S. The van der Waals surface area contributed by atoms with Crippen LogP contribution in [-0.4, -0.2) is 68.9 Å². The summed E-state index contributed by atoms with van der Waals surface area (Å²) in [7, 11) is -3.76. The molecule has 0 aromatic heterocycles. The Morgan fingerprint density at radius 2 is 1.45 bits per heavy atom. The SMILES string of the molecule is Cc1cccc(C(=O)N2CCC(N3CCC(C(=O)c4ccc(S(=O)(=O)c5ccc6c(c5)OCO6)cc4)CC3)CC2)c1C. The van der Waals surface area contributed by atoms with Gasteiger partial charge in [-0.3, -0.25) is 9.59 Å². The van der Waals surface area contributed by atoms with Gasteiger partial charge in [0.15, 0.2) is 17.3 Å². The summed E-state index contributed by atoms with van der Waals surface area (Å²) < 4.78 is 36.9. The molecule has 0 bridgehead atoms. The van der Waals surface area contributed by atoms with Crippen molar-refractivity contribution in [3.8, 4) is 11.5 Å². The Bertz CT molecular complexity index is 1600. The highest BCUT2D eigenvalue weighted by atomic mass is 32.2. The van der Waals surface area contributed by atoms with Crippen molar-refractivity contribution < 1.29 is 27.5 Å². The molecule has 0 spiro atoms. The third-order valence-corrected chi connectivity index (χ3v) is 10.9. The molecule has 3 aromatic rings. The number of Topliss-reactive ketones (excluding diaryl/α,β-unsaturated/α-hetero) is 1. The molecule has 0 aliphatic carbocycles. The summed E-state index contributed by atoms with van der Waals surface area (Å²) in [5.41, 5.74) is 3.52. The van der Waals surface area contributed by atoms with Crippen LogP contribution in [0.2, 0.25) is 0 Å². The Labute approximate surface area is 247 Å². The standard InChI is InChI=1S/C33H36N2O6S/c1-22-4-3-5-29(23(22)2)33(37)35-18-14-26(15-19-35)34-16-12-25(13-17-34)32(36)24-6-8-27(9-7-24)42(38,39)28-10-11-30-31(20-28)41-21-40-30/h3-11,20,25-26H,12-19,21H2,1-2H3. The number of carbonyl (C=O) groups excluding carboxylic acids is 2. The Kier molecular flexibility index (Phi) is 7.81. The number of ether oxygens (including phenoxy) is 2. The molecule has 3 aromatic carbocycles. The summed E-state index contributed by atoms with van der Waals surface area (Å²) in [5.74, 6) is 1.04. The van der Waals surface area contributed by atoms with E-state index in [0.717, 1.165) is 68.6 Å². The number of sulfone groups is 1. The normalized spacial score (nSPS) is 18.3. The van der Waals surface area contributed by atoms with Gasteiger partial charge < -0.3 is 19.3 Å². The number of hydrogen-bond donors (Lipinski definition) is 0. The molecule has 3 heterocycles. The molecule has 0 saturated carbocycles. The number of amides is 1. The highest BCUT2D eigenvalue weighted by molar-refractivity contribution is 7.91. The molecule has 2 fully saturated rings. The fraction of sp³-hybridized carbons (Fsp3) is 0.394. The zero-order valence-corrected chi connectivity index (χ0v) is 24.9. The molecular weight excluding hydrogens is 552 g/mol. The van der Waals surface area contributed by atoms with Gasteiger partial charge in [-0.15, -0.1) is 0 Å². The van der Waals surface area contributed by atoms with Gasteiger partial charge in [0, 0.05) is 42.2 Å². The number of ketones is 1. The highest BCUT2D eigenvalue weighted by Gasteiger charge is 2.33. The first-order valence-electron chi connectivity index (χ1n) is 14.6. The Morgan fingerprint density at radius 3 is 2.17 bits per heavy atom. The maximum absolute atomic E-state index is 13.3. The third kappa shape index (κ3) is 5.43. The van der Waals surface area contributed by atoms with Crippen molar-refractivity contribution in [2.45, 2.75) is 55.4 Å². The van der Waals surface area contributed by atoms with Crippen LogP contribution in [0.1, 0.15) is 57.5 Å². The predicted octanol–water partition coefficient (Wildman–Crippen LogP) is 5.06. The van der Waals surface area contributed by atoms with Gasteiger partial charge in [0.1, 0.15) is 0 Å². The van der Waals surface area contributed by atoms with Crippen LogP contribution in [0.5, 0.6) is 11.5 Å². The molecule has 0 unspecified atom stereocenters. The van der Waals surface area contributed by atoms with E-state index in [0.29, 0.717) is 23.1 Å². The van der Waals surface area contributed by atoms with Crippen molar-refractivity contribution in [1.29, 1.82) is 0 Å². The smallest absolute Gasteiger partial charge is 0.254 e. The van der Waals surface area contributed by atoms with Gasteiger partial charge in [0.25, 0.3) is 5.91 Å². The molecule has 0 N–H and O–H groups in total. The average Bonchev–Trinajstić information content (AvgIpc) is 3.50. The van der Waals surface area contributed by atoms with E-state index in [1.54, 1.807) is 18.2 Å². The van der Waals surface area contributed by atoms with Gasteiger partial charge in [-0.2, -0.15) is 0 Å². The minimum atomic E-state index is -3.76. The first-order valence-corrected chi connectivity index (χ1v) is 16.1. The second-order valence-electron chi connectivity index (χ2n) is 11.5. The van der Waals surface area contributed by atoms with E-state index < -0.39 is 9.84 Å². The van der Waals surface area contributed by atoms with E-state index in [1.807, 2.05) is 36.9 Å². The predicted molar refractivity (Wildman–Crippen MR) is 158 cm³/mol. The zero-order valence-electron chi connectivity index (χ0n) is 24.0. The molecule has 3 aliphatic heterocycles. The number of likely N-dealkylation sites (tertiary alicyclic amines) is 2. The molecule has 42 heavy (non-hydrogen) atoms. The van der Waals surface area contributed by atoms with Crippen molar-refractivity contribution >= 4 is 21.5 Å². The summed E-state index contributed by atoms with van der Waals surface area (Å²) in [5, 5.41) is 0. The second-order valence-corrected chi connectivity index (χ2v) is 13.4. The number of carbonyl (C=O) groups is 2. The molecule has 2 saturated heterocycles. The van der Waals surface area contributed by atoms with Crippen LogP contribution in [0.4, 0.5) is 0 Å². The van der Waals surface area contributed by atoms with Crippen molar-refractivity contribution in [2.24, 2.45) is 5.92 Å². The van der Waals surface area contributed by atoms with E-state index in [1.165, 1.54) is 24.3 Å². The summed E-state index contributed by atoms with van der Waals surface area (Å²) in [4.78, 5) is 31.1. The van der Waals surface area contributed by atoms with Gasteiger partial charge in [-0.05, 0) is 94.1 Å². The lowest BCUT2D eigenvalue weighted by Gasteiger charge is -2.41. The van der Waals surface area contributed by atoms with E-state index >= 15 is 0 Å². The largest absolute Gasteiger partial charge is 0.454 e. The number of nitrogens with zero attached hydrogens (tertiary/aromatic N) is 2. The van der Waals surface area contributed by atoms with Crippen LogP contribution in [0.25, 0.3) is 0 Å². The Morgan fingerprint density at radius 1 is 0.786 bits per heavy atom. The van der Waals surface area contributed by atoms with E-state index in [-0.39, 0.29) is 34.2 Å². The third-order valence-electron chi connectivity index (χ3n) is 9.11. The van der Waals surface area contributed by atoms with E-state index in [4.69, 9.17) is 9.47 Å². The van der Waals surface area contributed by atoms with Crippen LogP contribution in [0.3, 0.4) is 0 Å². The van der Waals surface area contributed by atoms with Crippen LogP contribution >= 0.6 is 0 Å². The second kappa shape index (κ2) is 11.5. The molecule has 0 atom stereocenters. The molecule has 0 radical (unpaired) electrons. The van der Waals surface area contributed by atoms with Gasteiger partial charge >= 0.3 is 0 Å². The number of fused-ring (bicyclic) bond motifs is 1. The summed E-state index contributed by atoms with van der Waals surface area (Å²) >= 11 is 0. The lowest BCUT2D eigenvalue weighted by molar-refractivity contribution is 0.0526. The highest BCUT2D eigenvalue weighted by Crippen LogP contribution is 2.36. The fourth-order valence-electron chi connectivity index (χ4n) is 6.33. The van der Waals surface area contributed by atoms with Crippen LogP contribution in [-0.2, 0) is 9.84 Å². The van der Waals surface area contributed by atoms with E-state index in [9.17, 15) is 18.0 Å². The van der Waals surface area contributed by atoms with Crippen molar-refractivity contribution in [2.75, 3.05) is 33.0 Å². The van der Waals surface area contributed by atoms with E-state index in [2.05, 4.69) is 4.90 Å². The fourth-order valence-corrected chi connectivity index (χ4v) is 7.60. The lowest BCUT2D eigenvalue weighted by Crippen LogP contribution is -2.49. The summed E-state index contributed by atoms with van der Waals surface area (Å²) in [6.07, 6.45) is 3.43. The van der Waals surface area contributed by atoms with Crippen LogP contribution in [0.15, 0.2) is 70.5 Å². The first-order chi connectivity index (χ1) is 20.2. The van der Waals surface area contributed by atoms with Crippen molar-refractivity contribution in [3.63, 3.8) is 0 Å². The van der Waals surface area contributed by atoms with Crippen LogP contribution < -0.4 is 9.47 Å². The molecule has 9 heteroatoms. The Balaban J connectivity index is 1.02. The molecule has 3 aliphatic rings. The van der Waals surface area contributed by atoms with Crippen molar-refractivity contribution in [1.82, 2.24) is 9.80 Å². The topological polar surface area (TPSA) is 93.2 Å². The molecule has 8 nitrogen and oxygen atoms in total. The first kappa shape index (κ1) is 28.4. The number of rotatable bonds is 6. The molecule has 6 rings (SSSR count). The van der Waals surface area contributed by atoms with Gasteiger partial charge in [-0.25, -0.2) is 8.42 Å². The molecule has 220 valence electrons. The van der Waals surface area contributed by atoms with Crippen LogP contribution in [0, 0.1) is 19.8 Å². The summed E-state index contributed by atoms with van der Waals surface area (Å²) in [6.45, 7) is 7.32. The number of aryl methyl sites for hydroxylation is 1. The van der Waals surface area contributed by atoms with Crippen molar-refractivity contribution in [3.05, 3.63) is 82.9 Å². The minimum Gasteiger partial charge on any atom is -0.454 e.